The van der Waals surface area contributed by atoms with Gasteiger partial charge in [0.1, 0.15) is 17.0 Å². The van der Waals surface area contributed by atoms with Crippen LogP contribution in [0.2, 0.25) is 0 Å². The molecule has 11 heteroatoms. The lowest BCUT2D eigenvalue weighted by Gasteiger charge is -2.25. The molecule has 2 aliphatic heterocycles. The van der Waals surface area contributed by atoms with Gasteiger partial charge in [0.2, 0.25) is 5.95 Å². The highest BCUT2D eigenvalue weighted by molar-refractivity contribution is 5.98. The van der Waals surface area contributed by atoms with E-state index in [-0.39, 0.29) is 40.4 Å². The molecule has 2 aliphatic rings. The maximum atomic E-state index is 14.6. The summed E-state index contributed by atoms with van der Waals surface area (Å²) in [5, 5.41) is 18.3. The first kappa shape index (κ1) is 22.3. The maximum absolute atomic E-state index is 14.6. The van der Waals surface area contributed by atoms with Crippen LogP contribution in [0.15, 0.2) is 30.6 Å². The Labute approximate surface area is 195 Å². The van der Waals surface area contributed by atoms with Crippen LogP contribution in [0.4, 0.5) is 14.7 Å². The fourth-order valence-corrected chi connectivity index (χ4v) is 4.81. The molecule has 3 aromatic rings. The third kappa shape index (κ3) is 3.79. The molecule has 1 N–H and O–H groups in total. The van der Waals surface area contributed by atoms with Crippen molar-refractivity contribution in [2.24, 2.45) is 11.8 Å². The highest BCUT2D eigenvalue weighted by Crippen LogP contribution is 2.35. The number of hydrogen-bond donors (Lipinski definition) is 1. The average molecular weight is 469 g/mol. The Balaban J connectivity index is 1.34. The number of aliphatic hydroxyl groups is 1. The summed E-state index contributed by atoms with van der Waals surface area (Å²) in [5.41, 5.74) is -1.04. The molecule has 9 nitrogen and oxygen atoms in total. The van der Waals surface area contributed by atoms with Gasteiger partial charge in [-0.1, -0.05) is 6.07 Å². The predicted octanol–water partition coefficient (Wildman–Crippen LogP) is 2.08. The number of aryl methyl sites for hydroxylation is 1. The Morgan fingerprint density at radius 3 is 2.32 bits per heavy atom. The molecule has 4 heterocycles. The van der Waals surface area contributed by atoms with Crippen molar-refractivity contribution in [1.82, 2.24) is 29.9 Å². The number of halogens is 2. The Hall–Kier alpha value is -3.47. The smallest absolute Gasteiger partial charge is 0.256 e. The van der Waals surface area contributed by atoms with Gasteiger partial charge in [0.25, 0.3) is 5.91 Å². The van der Waals surface area contributed by atoms with Crippen LogP contribution in [0.25, 0.3) is 5.69 Å². The number of benzene rings is 1. The number of rotatable bonds is 4. The second kappa shape index (κ2) is 8.08. The number of carbonyl (C=O) groups excluding carboxylic acids is 1. The van der Waals surface area contributed by atoms with Gasteiger partial charge in [0.15, 0.2) is 11.6 Å². The number of anilines is 1. The molecule has 34 heavy (non-hydrogen) atoms. The topological polar surface area (TPSA) is 100 Å². The van der Waals surface area contributed by atoms with E-state index in [1.54, 1.807) is 17.9 Å². The van der Waals surface area contributed by atoms with E-state index in [0.717, 1.165) is 4.80 Å². The molecule has 1 amide bonds. The van der Waals surface area contributed by atoms with Crippen molar-refractivity contribution in [3.63, 3.8) is 0 Å². The lowest BCUT2D eigenvalue weighted by molar-refractivity contribution is 0.0690. The number of likely N-dealkylation sites (tertiary alicyclic amines) is 1. The van der Waals surface area contributed by atoms with Crippen molar-refractivity contribution in [2.75, 3.05) is 31.1 Å². The second-order valence-corrected chi connectivity index (χ2v) is 9.42. The molecule has 1 aromatic carbocycles. The van der Waals surface area contributed by atoms with Gasteiger partial charge in [-0.05, 0) is 32.9 Å². The SMILES string of the molecule is Cc1nc(N2C[C@H]3CN(C(=O)c4cccc(F)c4-n4nccn4)C[C@H]3C2)nc(C(C)(C)O)c1F. The number of aromatic nitrogens is 5. The molecule has 2 aromatic heterocycles. The summed E-state index contributed by atoms with van der Waals surface area (Å²) in [4.78, 5) is 26.8. The summed E-state index contributed by atoms with van der Waals surface area (Å²) in [6, 6.07) is 4.36. The van der Waals surface area contributed by atoms with Gasteiger partial charge in [-0.25, -0.2) is 18.7 Å². The van der Waals surface area contributed by atoms with E-state index in [0.29, 0.717) is 32.1 Å². The Morgan fingerprint density at radius 2 is 1.71 bits per heavy atom. The predicted molar refractivity (Wildman–Crippen MR) is 118 cm³/mol. The molecular weight excluding hydrogens is 444 g/mol. The van der Waals surface area contributed by atoms with Crippen LogP contribution in [-0.2, 0) is 5.60 Å². The fourth-order valence-electron chi connectivity index (χ4n) is 4.81. The van der Waals surface area contributed by atoms with Crippen molar-refractivity contribution in [1.29, 1.82) is 0 Å². The first-order valence-corrected chi connectivity index (χ1v) is 11.1. The van der Waals surface area contributed by atoms with Crippen LogP contribution < -0.4 is 4.90 Å². The third-order valence-corrected chi connectivity index (χ3v) is 6.48. The number of hydrogen-bond acceptors (Lipinski definition) is 7. The molecule has 0 aliphatic carbocycles. The third-order valence-electron chi connectivity index (χ3n) is 6.48. The van der Waals surface area contributed by atoms with Crippen molar-refractivity contribution in [2.45, 2.75) is 26.4 Å². The minimum absolute atomic E-state index is 0.0327. The summed E-state index contributed by atoms with van der Waals surface area (Å²) in [5.74, 6) is -0.734. The van der Waals surface area contributed by atoms with Gasteiger partial charge in [0, 0.05) is 38.0 Å². The van der Waals surface area contributed by atoms with E-state index in [1.807, 2.05) is 4.90 Å². The highest BCUT2D eigenvalue weighted by Gasteiger charge is 2.43. The number of carbonyl (C=O) groups is 1. The van der Waals surface area contributed by atoms with Crippen LogP contribution >= 0.6 is 0 Å². The van der Waals surface area contributed by atoms with Gasteiger partial charge in [-0.3, -0.25) is 4.79 Å². The van der Waals surface area contributed by atoms with Gasteiger partial charge in [-0.2, -0.15) is 10.2 Å². The number of amides is 1. The first-order chi connectivity index (χ1) is 16.1. The van der Waals surface area contributed by atoms with E-state index in [9.17, 15) is 18.7 Å². The molecule has 0 spiro atoms. The number of fused-ring (bicyclic) bond motifs is 1. The van der Waals surface area contributed by atoms with Crippen molar-refractivity contribution >= 4 is 11.9 Å². The molecule has 178 valence electrons. The van der Waals surface area contributed by atoms with Gasteiger partial charge >= 0.3 is 0 Å². The molecule has 0 unspecified atom stereocenters. The van der Waals surface area contributed by atoms with E-state index in [4.69, 9.17) is 0 Å². The average Bonchev–Trinajstić information content (AvgIpc) is 3.50. The number of para-hydroxylation sites is 1. The molecular formula is C23H25F2N7O2. The molecule has 0 bridgehead atoms. The summed E-state index contributed by atoms with van der Waals surface area (Å²) < 4.78 is 29.0. The monoisotopic (exact) mass is 469 g/mol. The van der Waals surface area contributed by atoms with E-state index in [1.165, 1.54) is 38.4 Å². The van der Waals surface area contributed by atoms with Crippen molar-refractivity contribution in [3.8, 4) is 5.69 Å². The summed E-state index contributed by atoms with van der Waals surface area (Å²) in [6.45, 7) is 6.73. The van der Waals surface area contributed by atoms with Crippen LogP contribution in [0.5, 0.6) is 0 Å². The lowest BCUT2D eigenvalue weighted by Crippen LogP contribution is -2.35. The Kier molecular flexibility index (Phi) is 5.31. The minimum atomic E-state index is -1.43. The quantitative estimate of drug-likeness (QED) is 0.625. The largest absolute Gasteiger partial charge is 0.384 e. The fraction of sp³-hybridized carbons (Fsp3) is 0.435. The summed E-state index contributed by atoms with van der Waals surface area (Å²) in [7, 11) is 0. The molecule has 2 atom stereocenters. The summed E-state index contributed by atoms with van der Waals surface area (Å²) in [6.07, 6.45) is 2.86. The van der Waals surface area contributed by atoms with Crippen LogP contribution in [0, 0.1) is 30.4 Å². The van der Waals surface area contributed by atoms with Crippen LogP contribution in [0.3, 0.4) is 0 Å². The van der Waals surface area contributed by atoms with E-state index < -0.39 is 17.2 Å². The highest BCUT2D eigenvalue weighted by atomic mass is 19.1. The second-order valence-electron chi connectivity index (χ2n) is 9.42. The molecule has 5 rings (SSSR count). The summed E-state index contributed by atoms with van der Waals surface area (Å²) >= 11 is 0. The first-order valence-electron chi connectivity index (χ1n) is 11.1. The van der Waals surface area contributed by atoms with Crippen LogP contribution in [-0.4, -0.2) is 67.1 Å². The molecule has 2 fully saturated rings. The number of nitrogens with zero attached hydrogens (tertiary/aromatic N) is 7. The zero-order chi connectivity index (χ0) is 24.2. The lowest BCUT2D eigenvalue weighted by atomic mass is 10.0. The Bertz CT molecular complexity index is 1230. The maximum Gasteiger partial charge on any atom is 0.256 e. The standard InChI is InChI=1S/C23H25F2N7O2/c1-13-18(25)20(23(2,3)34)29-22(28-13)31-11-14-9-30(10-15(14)12-31)21(33)16-5-4-6-17(24)19(16)32-26-7-8-27-32/h4-8,14-15,34H,9-12H2,1-3H3/t14-,15+. The zero-order valence-electron chi connectivity index (χ0n) is 19.1. The van der Waals surface area contributed by atoms with Gasteiger partial charge < -0.3 is 14.9 Å². The van der Waals surface area contributed by atoms with Crippen molar-refractivity contribution < 1.29 is 18.7 Å². The molecule has 0 saturated carbocycles. The molecule has 2 saturated heterocycles. The normalized spacial score (nSPS) is 20.2. The van der Waals surface area contributed by atoms with Gasteiger partial charge in [0.05, 0.1) is 23.7 Å². The van der Waals surface area contributed by atoms with E-state index >= 15 is 0 Å². The zero-order valence-corrected chi connectivity index (χ0v) is 19.1. The molecule has 0 radical (unpaired) electrons. The van der Waals surface area contributed by atoms with Crippen molar-refractivity contribution in [3.05, 3.63) is 59.2 Å². The van der Waals surface area contributed by atoms with E-state index in [2.05, 4.69) is 20.2 Å². The Morgan fingerprint density at radius 1 is 1.06 bits per heavy atom. The van der Waals surface area contributed by atoms with Gasteiger partial charge in [-0.15, -0.1) is 4.80 Å². The minimum Gasteiger partial charge on any atom is -0.384 e. The van der Waals surface area contributed by atoms with Crippen LogP contribution in [0.1, 0.15) is 35.6 Å².